The zero-order valence-corrected chi connectivity index (χ0v) is 8.52. The first-order chi connectivity index (χ1) is 7.38. The first-order valence-electron chi connectivity index (χ1n) is 5.07. The number of benzene rings is 1. The molecule has 2 N–H and O–H groups in total. The van der Waals surface area contributed by atoms with Crippen molar-refractivity contribution in [1.29, 1.82) is 0 Å². The summed E-state index contributed by atoms with van der Waals surface area (Å²) < 4.78 is 5.03. The molecule has 1 aromatic carbocycles. The zero-order valence-electron chi connectivity index (χ0n) is 8.52. The maximum atomic E-state index is 5.44. The van der Waals surface area contributed by atoms with Gasteiger partial charge in [-0.25, -0.2) is 0 Å². The van der Waals surface area contributed by atoms with E-state index in [1.807, 2.05) is 24.3 Å². The molecule has 0 amide bonds. The third-order valence-corrected chi connectivity index (χ3v) is 2.32. The fourth-order valence-electron chi connectivity index (χ4n) is 1.49. The van der Waals surface area contributed by atoms with Gasteiger partial charge in [0, 0.05) is 6.07 Å². The average molecular weight is 202 g/mol. The molecule has 0 atom stereocenters. The molecule has 0 radical (unpaired) electrons. The lowest BCUT2D eigenvalue weighted by Gasteiger charge is -1.96. The van der Waals surface area contributed by atoms with Crippen LogP contribution in [-0.2, 0) is 19.4 Å². The molecule has 2 rings (SSSR count). The lowest BCUT2D eigenvalue weighted by Crippen LogP contribution is -1.93. The van der Waals surface area contributed by atoms with Crippen molar-refractivity contribution >= 4 is 0 Å². The maximum absolute atomic E-state index is 5.44. The quantitative estimate of drug-likeness (QED) is 0.824. The number of nitrogens with two attached hydrogens (primary N) is 1. The van der Waals surface area contributed by atoms with E-state index in [1.165, 1.54) is 5.56 Å². The van der Waals surface area contributed by atoms with Crippen molar-refractivity contribution in [2.45, 2.75) is 19.4 Å². The minimum atomic E-state index is 0.415. The number of hydrogen-bond donors (Lipinski definition) is 1. The molecule has 0 spiro atoms. The zero-order chi connectivity index (χ0) is 10.5. The molecule has 3 nitrogen and oxygen atoms in total. The van der Waals surface area contributed by atoms with Crippen LogP contribution in [0.3, 0.4) is 0 Å². The summed E-state index contributed by atoms with van der Waals surface area (Å²) in [5, 5.41) is 3.95. The number of nitrogens with zero attached hydrogens (tertiary/aromatic N) is 1. The second kappa shape index (κ2) is 4.75. The highest BCUT2D eigenvalue weighted by molar-refractivity contribution is 5.16. The summed E-state index contributed by atoms with van der Waals surface area (Å²) in [5.74, 6) is 0.748. The van der Waals surface area contributed by atoms with E-state index >= 15 is 0 Å². The molecule has 3 heteroatoms. The number of rotatable bonds is 4. The number of aryl methyl sites for hydroxylation is 2. The van der Waals surface area contributed by atoms with Crippen molar-refractivity contribution in [3.8, 4) is 0 Å². The van der Waals surface area contributed by atoms with Crippen molar-refractivity contribution in [3.63, 3.8) is 0 Å². The summed E-state index contributed by atoms with van der Waals surface area (Å²) in [7, 11) is 0. The van der Waals surface area contributed by atoms with Crippen molar-refractivity contribution in [2.75, 3.05) is 0 Å². The predicted molar refractivity (Wildman–Crippen MR) is 58.2 cm³/mol. The van der Waals surface area contributed by atoms with Crippen LogP contribution in [0.4, 0.5) is 0 Å². The minimum absolute atomic E-state index is 0.415. The fourth-order valence-corrected chi connectivity index (χ4v) is 1.49. The van der Waals surface area contributed by atoms with Crippen molar-refractivity contribution in [1.82, 2.24) is 5.16 Å². The summed E-state index contributed by atoms with van der Waals surface area (Å²) in [6.45, 7) is 0.415. The van der Waals surface area contributed by atoms with Crippen LogP contribution in [0.25, 0.3) is 0 Å². The van der Waals surface area contributed by atoms with Crippen LogP contribution < -0.4 is 5.73 Å². The van der Waals surface area contributed by atoms with Gasteiger partial charge in [-0.2, -0.15) is 0 Å². The van der Waals surface area contributed by atoms with Gasteiger partial charge in [-0.15, -0.1) is 0 Å². The van der Waals surface area contributed by atoms with E-state index in [4.69, 9.17) is 10.3 Å². The molecule has 15 heavy (non-hydrogen) atoms. The van der Waals surface area contributed by atoms with Crippen LogP contribution in [0, 0.1) is 0 Å². The Morgan fingerprint density at radius 2 is 1.93 bits per heavy atom. The van der Waals surface area contributed by atoms with E-state index < -0.39 is 0 Å². The molecule has 2 aromatic rings. The Morgan fingerprint density at radius 1 is 1.13 bits per heavy atom. The monoisotopic (exact) mass is 202 g/mol. The van der Waals surface area contributed by atoms with Crippen LogP contribution in [-0.4, -0.2) is 5.16 Å². The predicted octanol–water partition coefficient (Wildman–Crippen LogP) is 1.92. The maximum Gasteiger partial charge on any atom is 0.150 e. The first-order valence-corrected chi connectivity index (χ1v) is 5.07. The van der Waals surface area contributed by atoms with Gasteiger partial charge in [0.15, 0.2) is 5.76 Å². The van der Waals surface area contributed by atoms with Crippen LogP contribution >= 0.6 is 0 Å². The molecule has 0 saturated heterocycles. The van der Waals surface area contributed by atoms with Gasteiger partial charge in [0.1, 0.15) is 0 Å². The van der Waals surface area contributed by atoms with Crippen LogP contribution in [0.2, 0.25) is 0 Å². The molecule has 0 aliphatic carbocycles. The third kappa shape index (κ3) is 2.67. The minimum Gasteiger partial charge on any atom is -0.360 e. The van der Waals surface area contributed by atoms with Crippen LogP contribution in [0.15, 0.2) is 40.9 Å². The Kier molecular flexibility index (Phi) is 3.15. The summed E-state index contributed by atoms with van der Waals surface area (Å²) in [6, 6.07) is 12.3. The van der Waals surface area contributed by atoms with Crippen LogP contribution in [0.1, 0.15) is 17.0 Å². The van der Waals surface area contributed by atoms with Crippen molar-refractivity contribution < 1.29 is 4.52 Å². The van der Waals surface area contributed by atoms with Gasteiger partial charge >= 0.3 is 0 Å². The molecule has 0 unspecified atom stereocenters. The van der Waals surface area contributed by atoms with E-state index in [2.05, 4.69) is 17.3 Å². The van der Waals surface area contributed by atoms with E-state index in [-0.39, 0.29) is 0 Å². The molecule has 1 aromatic heterocycles. The Labute approximate surface area is 88.9 Å². The third-order valence-electron chi connectivity index (χ3n) is 2.32. The molecular weight excluding hydrogens is 188 g/mol. The van der Waals surface area contributed by atoms with Crippen molar-refractivity contribution in [2.24, 2.45) is 5.73 Å². The second-order valence-electron chi connectivity index (χ2n) is 3.47. The Balaban J connectivity index is 1.93. The van der Waals surface area contributed by atoms with Gasteiger partial charge in [0.2, 0.25) is 0 Å². The van der Waals surface area contributed by atoms with E-state index in [0.29, 0.717) is 6.54 Å². The molecule has 0 aliphatic rings. The SMILES string of the molecule is NCc1cc(CCc2ccccc2)no1. The average Bonchev–Trinajstić information content (AvgIpc) is 2.76. The standard InChI is InChI=1S/C12H14N2O/c13-9-12-8-11(14-15-12)7-6-10-4-2-1-3-5-10/h1-5,8H,6-7,9,13H2. The summed E-state index contributed by atoms with van der Waals surface area (Å²) in [5.41, 5.74) is 7.72. The fraction of sp³-hybridized carbons (Fsp3) is 0.250. The summed E-state index contributed by atoms with van der Waals surface area (Å²) >= 11 is 0. The Morgan fingerprint density at radius 3 is 2.60 bits per heavy atom. The Bertz CT molecular complexity index is 409. The smallest absolute Gasteiger partial charge is 0.150 e. The molecule has 1 heterocycles. The van der Waals surface area contributed by atoms with Gasteiger partial charge in [0.05, 0.1) is 12.2 Å². The number of aromatic nitrogens is 1. The normalized spacial score (nSPS) is 10.5. The molecule has 0 aliphatic heterocycles. The highest BCUT2D eigenvalue weighted by atomic mass is 16.5. The Hall–Kier alpha value is -1.61. The van der Waals surface area contributed by atoms with Gasteiger partial charge < -0.3 is 10.3 Å². The topological polar surface area (TPSA) is 52.0 Å². The second-order valence-corrected chi connectivity index (χ2v) is 3.47. The number of hydrogen-bond acceptors (Lipinski definition) is 3. The van der Waals surface area contributed by atoms with E-state index in [1.54, 1.807) is 0 Å². The molecule has 78 valence electrons. The van der Waals surface area contributed by atoms with E-state index in [0.717, 1.165) is 24.3 Å². The lowest BCUT2D eigenvalue weighted by atomic mass is 10.1. The molecule has 0 fully saturated rings. The molecular formula is C12H14N2O. The molecule has 0 bridgehead atoms. The summed E-state index contributed by atoms with van der Waals surface area (Å²) in [4.78, 5) is 0. The highest BCUT2D eigenvalue weighted by Crippen LogP contribution is 2.07. The largest absolute Gasteiger partial charge is 0.360 e. The van der Waals surface area contributed by atoms with Gasteiger partial charge in [-0.3, -0.25) is 0 Å². The van der Waals surface area contributed by atoms with Crippen LogP contribution in [0.5, 0.6) is 0 Å². The van der Waals surface area contributed by atoms with Gasteiger partial charge in [-0.05, 0) is 18.4 Å². The first kappa shape index (κ1) is 9.93. The van der Waals surface area contributed by atoms with Gasteiger partial charge in [0.25, 0.3) is 0 Å². The lowest BCUT2D eigenvalue weighted by molar-refractivity contribution is 0.378. The van der Waals surface area contributed by atoms with E-state index in [9.17, 15) is 0 Å². The molecule has 0 saturated carbocycles. The summed E-state index contributed by atoms with van der Waals surface area (Å²) in [6.07, 6.45) is 1.88. The van der Waals surface area contributed by atoms with Crippen molar-refractivity contribution in [3.05, 3.63) is 53.4 Å². The van der Waals surface area contributed by atoms with Gasteiger partial charge in [-0.1, -0.05) is 35.5 Å². The highest BCUT2D eigenvalue weighted by Gasteiger charge is 2.02.